The standard InChI is InChI=1S/C22H19N3O3/c1-2-28-22(27)15-8-9-17-18(12-15)24-20(23-17)16-11-14-6-3-5-13-7-4-10-25(19(13)14)21(16)26/h3,5-6,8-9,11-12H,2,4,7,10H2,1H3,(H,23,24). The van der Waals surface area contributed by atoms with Crippen molar-refractivity contribution >= 4 is 27.9 Å². The van der Waals surface area contributed by atoms with Crippen molar-refractivity contribution in [3.05, 3.63) is 63.9 Å². The fourth-order valence-electron chi connectivity index (χ4n) is 4.01. The minimum absolute atomic E-state index is 0.0377. The number of nitrogens with zero attached hydrogens (tertiary/aromatic N) is 2. The molecular weight excluding hydrogens is 354 g/mol. The van der Waals surface area contributed by atoms with E-state index >= 15 is 0 Å². The highest BCUT2D eigenvalue weighted by Gasteiger charge is 2.19. The van der Waals surface area contributed by atoms with Gasteiger partial charge in [-0.2, -0.15) is 0 Å². The van der Waals surface area contributed by atoms with E-state index in [1.807, 2.05) is 22.8 Å². The molecular formula is C22H19N3O3. The number of imidazole rings is 1. The molecule has 0 amide bonds. The van der Waals surface area contributed by atoms with Crippen LogP contribution in [0.3, 0.4) is 0 Å². The minimum atomic E-state index is -0.372. The molecule has 2 aromatic carbocycles. The summed E-state index contributed by atoms with van der Waals surface area (Å²) < 4.78 is 6.92. The van der Waals surface area contributed by atoms with E-state index in [-0.39, 0.29) is 11.5 Å². The average Bonchev–Trinajstić information content (AvgIpc) is 3.14. The van der Waals surface area contributed by atoms with Gasteiger partial charge in [0.1, 0.15) is 5.82 Å². The number of rotatable bonds is 3. The molecule has 2 aromatic heterocycles. The Morgan fingerprint density at radius 3 is 3.00 bits per heavy atom. The maximum Gasteiger partial charge on any atom is 0.338 e. The number of hydrogen-bond donors (Lipinski definition) is 1. The zero-order valence-corrected chi connectivity index (χ0v) is 15.5. The predicted molar refractivity (Wildman–Crippen MR) is 108 cm³/mol. The Labute approximate surface area is 160 Å². The number of pyridine rings is 1. The zero-order chi connectivity index (χ0) is 19.3. The van der Waals surface area contributed by atoms with Gasteiger partial charge in [-0.05, 0) is 55.0 Å². The normalized spacial score (nSPS) is 13.2. The Hall–Kier alpha value is -3.41. The van der Waals surface area contributed by atoms with E-state index in [0.29, 0.717) is 41.1 Å². The first-order chi connectivity index (χ1) is 13.7. The molecule has 0 spiro atoms. The van der Waals surface area contributed by atoms with Gasteiger partial charge in [-0.15, -0.1) is 0 Å². The van der Waals surface area contributed by atoms with Crippen LogP contribution in [0.5, 0.6) is 0 Å². The number of nitrogens with one attached hydrogen (secondary N) is 1. The number of aryl methyl sites for hydroxylation is 2. The number of esters is 1. The third-order valence-corrected chi connectivity index (χ3v) is 5.27. The largest absolute Gasteiger partial charge is 0.462 e. The number of carbonyl (C=O) groups is 1. The molecule has 0 saturated carbocycles. The third kappa shape index (κ3) is 2.52. The Morgan fingerprint density at radius 2 is 2.14 bits per heavy atom. The summed E-state index contributed by atoms with van der Waals surface area (Å²) in [5.41, 5.74) is 4.62. The number of benzene rings is 2. The first-order valence-electron chi connectivity index (χ1n) is 9.48. The van der Waals surface area contributed by atoms with Gasteiger partial charge in [0.15, 0.2) is 0 Å². The number of aromatic nitrogens is 3. The monoisotopic (exact) mass is 373 g/mol. The van der Waals surface area contributed by atoms with Crippen molar-refractivity contribution in [2.24, 2.45) is 0 Å². The molecule has 0 atom stereocenters. The molecule has 1 aliphatic heterocycles. The van der Waals surface area contributed by atoms with Crippen molar-refractivity contribution in [3.63, 3.8) is 0 Å². The van der Waals surface area contributed by atoms with Crippen LogP contribution in [-0.4, -0.2) is 27.1 Å². The van der Waals surface area contributed by atoms with E-state index in [0.717, 1.165) is 23.7 Å². The number of ether oxygens (including phenoxy) is 1. The van der Waals surface area contributed by atoms with Gasteiger partial charge in [-0.1, -0.05) is 18.2 Å². The van der Waals surface area contributed by atoms with Crippen LogP contribution in [0.1, 0.15) is 29.3 Å². The van der Waals surface area contributed by atoms with Crippen LogP contribution in [0.25, 0.3) is 33.3 Å². The quantitative estimate of drug-likeness (QED) is 0.556. The maximum atomic E-state index is 13.2. The fourth-order valence-corrected chi connectivity index (χ4v) is 4.01. The zero-order valence-electron chi connectivity index (χ0n) is 15.5. The SMILES string of the molecule is CCOC(=O)c1ccc2nc(-c3cc4cccc5c4n(c3=O)CCC5)[nH]c2c1. The van der Waals surface area contributed by atoms with Crippen molar-refractivity contribution < 1.29 is 9.53 Å². The number of para-hydroxylation sites is 1. The molecule has 5 rings (SSSR count). The number of fused-ring (bicyclic) bond motifs is 1. The van der Waals surface area contributed by atoms with Crippen LogP contribution in [0.15, 0.2) is 47.3 Å². The lowest BCUT2D eigenvalue weighted by Gasteiger charge is -2.19. The van der Waals surface area contributed by atoms with E-state index in [9.17, 15) is 9.59 Å². The van der Waals surface area contributed by atoms with Crippen molar-refractivity contribution in [2.45, 2.75) is 26.3 Å². The van der Waals surface area contributed by atoms with Gasteiger partial charge in [0.25, 0.3) is 5.56 Å². The number of H-pyrrole nitrogens is 1. The Kier molecular flexibility index (Phi) is 3.79. The van der Waals surface area contributed by atoms with E-state index in [1.54, 1.807) is 25.1 Å². The molecule has 4 aromatic rings. The lowest BCUT2D eigenvalue weighted by molar-refractivity contribution is 0.0526. The lowest BCUT2D eigenvalue weighted by atomic mass is 10.00. The Balaban J connectivity index is 1.68. The number of carbonyl (C=O) groups excluding carboxylic acids is 1. The summed E-state index contributed by atoms with van der Waals surface area (Å²) in [5, 5.41) is 1.04. The topological polar surface area (TPSA) is 77.0 Å². The highest BCUT2D eigenvalue weighted by molar-refractivity contribution is 5.94. The Morgan fingerprint density at radius 1 is 1.25 bits per heavy atom. The predicted octanol–water partition coefficient (Wildman–Crippen LogP) is 3.67. The van der Waals surface area contributed by atoms with Crippen molar-refractivity contribution in [1.29, 1.82) is 0 Å². The minimum Gasteiger partial charge on any atom is -0.462 e. The summed E-state index contributed by atoms with van der Waals surface area (Å²) in [6.45, 7) is 2.81. The molecule has 1 aliphatic rings. The Bertz CT molecular complexity index is 1300. The van der Waals surface area contributed by atoms with E-state index in [2.05, 4.69) is 16.0 Å². The van der Waals surface area contributed by atoms with Crippen molar-refractivity contribution in [3.8, 4) is 11.4 Å². The molecule has 6 nitrogen and oxygen atoms in total. The molecule has 140 valence electrons. The van der Waals surface area contributed by atoms with Gasteiger partial charge in [-0.3, -0.25) is 4.79 Å². The first-order valence-corrected chi connectivity index (χ1v) is 9.48. The van der Waals surface area contributed by atoms with Crippen LogP contribution in [0, 0.1) is 0 Å². The molecule has 0 aliphatic carbocycles. The molecule has 0 saturated heterocycles. The summed E-state index contributed by atoms with van der Waals surface area (Å²) in [5.74, 6) is 0.144. The van der Waals surface area contributed by atoms with Crippen LogP contribution in [-0.2, 0) is 17.7 Å². The second kappa shape index (κ2) is 6.34. The van der Waals surface area contributed by atoms with Crippen LogP contribution in [0.2, 0.25) is 0 Å². The van der Waals surface area contributed by atoms with Gasteiger partial charge >= 0.3 is 5.97 Å². The van der Waals surface area contributed by atoms with Crippen LogP contribution >= 0.6 is 0 Å². The molecule has 6 heteroatoms. The van der Waals surface area contributed by atoms with Gasteiger partial charge in [0, 0.05) is 6.54 Å². The molecule has 28 heavy (non-hydrogen) atoms. The van der Waals surface area contributed by atoms with Crippen LogP contribution < -0.4 is 5.56 Å². The highest BCUT2D eigenvalue weighted by Crippen LogP contribution is 2.27. The molecule has 0 radical (unpaired) electrons. The number of hydrogen-bond acceptors (Lipinski definition) is 4. The van der Waals surface area contributed by atoms with E-state index in [4.69, 9.17) is 4.74 Å². The number of aromatic amines is 1. The third-order valence-electron chi connectivity index (χ3n) is 5.27. The van der Waals surface area contributed by atoms with Crippen molar-refractivity contribution in [1.82, 2.24) is 14.5 Å². The van der Waals surface area contributed by atoms with Gasteiger partial charge in [0.2, 0.25) is 0 Å². The van der Waals surface area contributed by atoms with Crippen molar-refractivity contribution in [2.75, 3.05) is 6.61 Å². The molecule has 0 bridgehead atoms. The second-order valence-electron chi connectivity index (χ2n) is 7.01. The summed E-state index contributed by atoms with van der Waals surface area (Å²) in [6.07, 6.45) is 1.95. The lowest BCUT2D eigenvalue weighted by Crippen LogP contribution is -2.26. The summed E-state index contributed by atoms with van der Waals surface area (Å²) >= 11 is 0. The summed E-state index contributed by atoms with van der Waals surface area (Å²) in [6, 6.07) is 13.2. The summed E-state index contributed by atoms with van der Waals surface area (Å²) in [7, 11) is 0. The van der Waals surface area contributed by atoms with Gasteiger partial charge < -0.3 is 14.3 Å². The van der Waals surface area contributed by atoms with Gasteiger partial charge in [-0.25, -0.2) is 9.78 Å². The molecule has 0 fully saturated rings. The maximum absolute atomic E-state index is 13.2. The smallest absolute Gasteiger partial charge is 0.338 e. The molecule has 3 heterocycles. The van der Waals surface area contributed by atoms with Gasteiger partial charge in [0.05, 0.1) is 34.3 Å². The first kappa shape index (κ1) is 16.7. The average molecular weight is 373 g/mol. The fraction of sp³-hybridized carbons (Fsp3) is 0.227. The second-order valence-corrected chi connectivity index (χ2v) is 7.01. The van der Waals surface area contributed by atoms with Crippen LogP contribution in [0.4, 0.5) is 0 Å². The summed E-state index contributed by atoms with van der Waals surface area (Å²) in [4.78, 5) is 32.9. The molecule has 1 N–H and O–H groups in total. The molecule has 0 unspecified atom stereocenters. The van der Waals surface area contributed by atoms with E-state index < -0.39 is 0 Å². The van der Waals surface area contributed by atoms with E-state index in [1.165, 1.54) is 5.56 Å². The highest BCUT2D eigenvalue weighted by atomic mass is 16.5.